The van der Waals surface area contributed by atoms with Crippen molar-refractivity contribution >= 4 is 17.0 Å². The van der Waals surface area contributed by atoms with Crippen LogP contribution in [-0.4, -0.2) is 20.6 Å². The van der Waals surface area contributed by atoms with Crippen LogP contribution in [-0.2, 0) is 17.8 Å². The first-order valence-electron chi connectivity index (χ1n) is 6.30. The Morgan fingerprint density at radius 2 is 2.17 bits per heavy atom. The number of carboxylic acid groups (broad SMARTS) is 1. The van der Waals surface area contributed by atoms with Crippen molar-refractivity contribution in [3.8, 4) is 0 Å². The zero-order valence-corrected chi connectivity index (χ0v) is 10.8. The monoisotopic (exact) mass is 246 g/mol. The van der Waals surface area contributed by atoms with E-state index in [-0.39, 0.29) is 5.92 Å². The van der Waals surface area contributed by atoms with Crippen LogP contribution in [0.15, 0.2) is 24.3 Å². The Morgan fingerprint density at radius 3 is 2.83 bits per heavy atom. The number of hydrogen-bond donors (Lipinski definition) is 1. The second-order valence-electron chi connectivity index (χ2n) is 4.54. The van der Waals surface area contributed by atoms with Gasteiger partial charge in [0, 0.05) is 13.0 Å². The van der Waals surface area contributed by atoms with Gasteiger partial charge in [0.2, 0.25) is 0 Å². The molecule has 0 saturated heterocycles. The first kappa shape index (κ1) is 12.6. The Kier molecular flexibility index (Phi) is 3.65. The average Bonchev–Trinajstić information content (AvgIpc) is 2.73. The van der Waals surface area contributed by atoms with Crippen molar-refractivity contribution in [1.29, 1.82) is 0 Å². The van der Waals surface area contributed by atoms with Crippen molar-refractivity contribution in [1.82, 2.24) is 9.55 Å². The van der Waals surface area contributed by atoms with Crippen molar-refractivity contribution in [2.75, 3.05) is 0 Å². The SMILES string of the molecule is CCn1c(CCC(C)C(=O)O)nc2ccccc21. The molecule has 1 N–H and O–H groups in total. The van der Waals surface area contributed by atoms with Crippen LogP contribution in [0, 0.1) is 5.92 Å². The zero-order chi connectivity index (χ0) is 13.1. The highest BCUT2D eigenvalue weighted by Gasteiger charge is 2.14. The fourth-order valence-electron chi connectivity index (χ4n) is 2.14. The Morgan fingerprint density at radius 1 is 1.44 bits per heavy atom. The van der Waals surface area contributed by atoms with Gasteiger partial charge in [-0.15, -0.1) is 0 Å². The molecule has 96 valence electrons. The van der Waals surface area contributed by atoms with Crippen LogP contribution in [0.4, 0.5) is 0 Å². The predicted octanol–water partition coefficient (Wildman–Crippen LogP) is 2.71. The lowest BCUT2D eigenvalue weighted by molar-refractivity contribution is -0.141. The lowest BCUT2D eigenvalue weighted by Crippen LogP contribution is -2.12. The number of carbonyl (C=O) groups is 1. The van der Waals surface area contributed by atoms with E-state index >= 15 is 0 Å². The standard InChI is InChI=1S/C14H18N2O2/c1-3-16-12-7-5-4-6-11(12)15-13(16)9-8-10(2)14(17)18/h4-7,10H,3,8-9H2,1-2H3,(H,17,18). The maximum Gasteiger partial charge on any atom is 0.306 e. The summed E-state index contributed by atoms with van der Waals surface area (Å²) >= 11 is 0. The maximum absolute atomic E-state index is 10.8. The summed E-state index contributed by atoms with van der Waals surface area (Å²) in [5.41, 5.74) is 2.11. The molecule has 1 unspecified atom stereocenters. The largest absolute Gasteiger partial charge is 0.481 e. The highest BCUT2D eigenvalue weighted by Crippen LogP contribution is 2.18. The summed E-state index contributed by atoms with van der Waals surface area (Å²) in [7, 11) is 0. The molecule has 0 spiro atoms. The van der Waals surface area contributed by atoms with E-state index in [1.807, 2.05) is 18.2 Å². The van der Waals surface area contributed by atoms with Crippen LogP contribution in [0.3, 0.4) is 0 Å². The lowest BCUT2D eigenvalue weighted by atomic mass is 10.1. The van der Waals surface area contributed by atoms with Crippen LogP contribution in [0.1, 0.15) is 26.1 Å². The molecule has 2 aromatic rings. The Balaban J connectivity index is 2.25. The number of aromatic nitrogens is 2. The molecule has 0 fully saturated rings. The number of imidazole rings is 1. The third-order valence-corrected chi connectivity index (χ3v) is 3.27. The molecule has 0 aliphatic rings. The van der Waals surface area contributed by atoms with Crippen LogP contribution >= 0.6 is 0 Å². The number of carboxylic acids is 1. The van der Waals surface area contributed by atoms with Gasteiger partial charge in [0.1, 0.15) is 5.82 Å². The molecule has 18 heavy (non-hydrogen) atoms. The molecule has 1 aromatic carbocycles. The highest BCUT2D eigenvalue weighted by atomic mass is 16.4. The molecule has 1 aromatic heterocycles. The van der Waals surface area contributed by atoms with Crippen molar-refractivity contribution in [3.63, 3.8) is 0 Å². The maximum atomic E-state index is 10.8. The van der Waals surface area contributed by atoms with E-state index in [0.29, 0.717) is 12.8 Å². The molecule has 1 heterocycles. The summed E-state index contributed by atoms with van der Waals surface area (Å²) in [5, 5.41) is 8.90. The van der Waals surface area contributed by atoms with Gasteiger partial charge in [-0.05, 0) is 25.5 Å². The summed E-state index contributed by atoms with van der Waals surface area (Å²) in [6.07, 6.45) is 1.33. The van der Waals surface area contributed by atoms with E-state index in [1.165, 1.54) is 0 Å². The summed E-state index contributed by atoms with van der Waals surface area (Å²) < 4.78 is 2.16. The summed E-state index contributed by atoms with van der Waals surface area (Å²) in [6, 6.07) is 8.01. The molecular weight excluding hydrogens is 228 g/mol. The fraction of sp³-hybridized carbons (Fsp3) is 0.429. The van der Waals surface area contributed by atoms with Crippen molar-refractivity contribution in [2.45, 2.75) is 33.2 Å². The van der Waals surface area contributed by atoms with Crippen LogP contribution in [0.25, 0.3) is 11.0 Å². The van der Waals surface area contributed by atoms with Gasteiger partial charge >= 0.3 is 5.97 Å². The second kappa shape index (κ2) is 5.21. The number of aliphatic carboxylic acids is 1. The molecule has 0 amide bonds. The molecule has 0 aliphatic heterocycles. The molecule has 2 rings (SSSR count). The third kappa shape index (κ3) is 2.37. The van der Waals surface area contributed by atoms with Gasteiger partial charge in [0.25, 0.3) is 0 Å². The van der Waals surface area contributed by atoms with Gasteiger partial charge in [-0.3, -0.25) is 4.79 Å². The summed E-state index contributed by atoms with van der Waals surface area (Å²) in [6.45, 7) is 4.68. The van der Waals surface area contributed by atoms with Crippen molar-refractivity contribution in [2.24, 2.45) is 5.92 Å². The summed E-state index contributed by atoms with van der Waals surface area (Å²) in [4.78, 5) is 15.4. The fourth-order valence-corrected chi connectivity index (χ4v) is 2.14. The number of benzene rings is 1. The van der Waals surface area contributed by atoms with E-state index < -0.39 is 5.97 Å². The minimum absolute atomic E-state index is 0.324. The summed E-state index contributed by atoms with van der Waals surface area (Å²) in [5.74, 6) is -0.0870. The normalized spacial score (nSPS) is 12.8. The third-order valence-electron chi connectivity index (χ3n) is 3.27. The lowest BCUT2D eigenvalue weighted by Gasteiger charge is -2.08. The van der Waals surface area contributed by atoms with Crippen LogP contribution in [0.2, 0.25) is 0 Å². The Hall–Kier alpha value is -1.84. The predicted molar refractivity (Wildman–Crippen MR) is 70.5 cm³/mol. The number of para-hydroxylation sites is 2. The number of nitrogens with zero attached hydrogens (tertiary/aromatic N) is 2. The van der Waals surface area contributed by atoms with Gasteiger partial charge in [-0.1, -0.05) is 19.1 Å². The number of rotatable bonds is 5. The molecule has 0 aliphatic carbocycles. The molecule has 0 bridgehead atoms. The van der Waals surface area contributed by atoms with Crippen LogP contribution in [0.5, 0.6) is 0 Å². The van der Waals surface area contributed by atoms with E-state index in [2.05, 4.69) is 22.5 Å². The molecule has 0 saturated carbocycles. The number of aryl methyl sites for hydroxylation is 2. The quantitative estimate of drug-likeness (QED) is 0.882. The van der Waals surface area contributed by atoms with Gasteiger partial charge in [-0.25, -0.2) is 4.98 Å². The zero-order valence-electron chi connectivity index (χ0n) is 10.8. The highest BCUT2D eigenvalue weighted by molar-refractivity contribution is 5.76. The van der Waals surface area contributed by atoms with Crippen molar-refractivity contribution in [3.05, 3.63) is 30.1 Å². The molecule has 4 heteroatoms. The van der Waals surface area contributed by atoms with E-state index in [0.717, 1.165) is 23.4 Å². The number of fused-ring (bicyclic) bond motifs is 1. The first-order valence-corrected chi connectivity index (χ1v) is 6.30. The Labute approximate surface area is 106 Å². The van der Waals surface area contributed by atoms with Crippen LogP contribution < -0.4 is 0 Å². The van der Waals surface area contributed by atoms with Gasteiger partial charge in [-0.2, -0.15) is 0 Å². The topological polar surface area (TPSA) is 55.1 Å². The van der Waals surface area contributed by atoms with Gasteiger partial charge in [0.15, 0.2) is 0 Å². The van der Waals surface area contributed by atoms with Gasteiger partial charge in [0.05, 0.1) is 17.0 Å². The first-order chi connectivity index (χ1) is 8.63. The van der Waals surface area contributed by atoms with E-state index in [4.69, 9.17) is 5.11 Å². The molecular formula is C14H18N2O2. The smallest absolute Gasteiger partial charge is 0.306 e. The molecule has 0 radical (unpaired) electrons. The molecule has 1 atom stereocenters. The van der Waals surface area contributed by atoms with E-state index in [1.54, 1.807) is 6.92 Å². The molecule has 4 nitrogen and oxygen atoms in total. The minimum Gasteiger partial charge on any atom is -0.481 e. The van der Waals surface area contributed by atoms with E-state index in [9.17, 15) is 4.79 Å². The number of hydrogen-bond acceptors (Lipinski definition) is 2. The Bertz CT molecular complexity index is 560. The van der Waals surface area contributed by atoms with Crippen molar-refractivity contribution < 1.29 is 9.90 Å². The minimum atomic E-state index is -0.742. The van der Waals surface area contributed by atoms with Gasteiger partial charge < -0.3 is 9.67 Å². The second-order valence-corrected chi connectivity index (χ2v) is 4.54. The average molecular weight is 246 g/mol.